The number of carbonyl (C=O) groups excluding carboxylic acids is 2. The van der Waals surface area contributed by atoms with Gasteiger partial charge in [-0.2, -0.15) is 5.26 Å². The molecule has 3 rings (SSSR count). The largest absolute Gasteiger partial charge is 0.492 e. The smallest absolute Gasteiger partial charge is 0.255 e. The molecule has 38 heavy (non-hydrogen) atoms. The second-order valence-electron chi connectivity index (χ2n) is 9.26. The number of nitrogens with one attached hydrogen (secondary N) is 2. The lowest BCUT2D eigenvalue weighted by atomic mass is 10.1. The van der Waals surface area contributed by atoms with Crippen LogP contribution in [-0.4, -0.2) is 97.8 Å². The average Bonchev–Trinajstić information content (AvgIpc) is 3.21. The molecule has 3 unspecified atom stereocenters. The second kappa shape index (κ2) is 15.1. The summed E-state index contributed by atoms with van der Waals surface area (Å²) >= 11 is 1.42. The number of hydrogen-bond acceptors (Lipinski definition) is 8. The number of halogens is 2. The average molecular weight is 554 g/mol. The number of ether oxygens (including phenoxy) is 2. The van der Waals surface area contributed by atoms with Gasteiger partial charge in [-0.05, 0) is 31.9 Å². The van der Waals surface area contributed by atoms with E-state index in [4.69, 9.17) is 9.47 Å². The molecule has 2 aliphatic heterocycles. The van der Waals surface area contributed by atoms with Crippen LogP contribution in [-0.2, 0) is 14.3 Å². The molecule has 0 spiro atoms. The van der Waals surface area contributed by atoms with Crippen molar-refractivity contribution in [3.8, 4) is 11.8 Å². The second-order valence-corrected chi connectivity index (χ2v) is 10.6. The minimum absolute atomic E-state index is 0.0370. The summed E-state index contributed by atoms with van der Waals surface area (Å²) in [5.41, 5.74) is 1.95. The summed E-state index contributed by atoms with van der Waals surface area (Å²) in [6, 6.07) is 7.84. The van der Waals surface area contributed by atoms with E-state index in [1.54, 1.807) is 4.90 Å². The highest BCUT2D eigenvalue weighted by atomic mass is 32.2. The van der Waals surface area contributed by atoms with Gasteiger partial charge in [0, 0.05) is 50.9 Å². The predicted octanol–water partition coefficient (Wildman–Crippen LogP) is 2.71. The first-order chi connectivity index (χ1) is 18.3. The molecule has 9 nitrogen and oxygen atoms in total. The van der Waals surface area contributed by atoms with Gasteiger partial charge in [-0.1, -0.05) is 6.07 Å². The normalized spacial score (nSPS) is 20.8. The number of nitrogens with zero attached hydrogens (tertiary/aromatic N) is 3. The number of nitriles is 1. The lowest BCUT2D eigenvalue weighted by Crippen LogP contribution is -2.39. The van der Waals surface area contributed by atoms with Crippen molar-refractivity contribution in [3.63, 3.8) is 0 Å². The predicted molar refractivity (Wildman–Crippen MR) is 142 cm³/mol. The molecule has 12 heteroatoms. The van der Waals surface area contributed by atoms with E-state index in [2.05, 4.69) is 15.5 Å². The maximum absolute atomic E-state index is 13.0. The van der Waals surface area contributed by atoms with Crippen LogP contribution in [0.2, 0.25) is 0 Å². The Labute approximate surface area is 227 Å². The third-order valence-electron chi connectivity index (χ3n) is 6.60. The van der Waals surface area contributed by atoms with Crippen molar-refractivity contribution < 1.29 is 27.8 Å². The number of hydrogen-bond donors (Lipinski definition) is 2. The molecular weight excluding hydrogens is 516 g/mol. The minimum atomic E-state index is -2.68. The Morgan fingerprint density at radius 3 is 2.79 bits per heavy atom. The number of aryl methyl sites for hydroxylation is 1. The molecule has 1 aromatic carbocycles. The minimum Gasteiger partial charge on any atom is -0.492 e. The van der Waals surface area contributed by atoms with Crippen molar-refractivity contribution in [2.75, 3.05) is 64.4 Å². The molecular formula is C26H37F2N5O4S. The van der Waals surface area contributed by atoms with Crippen molar-refractivity contribution in [1.82, 2.24) is 15.1 Å². The molecule has 210 valence electrons. The van der Waals surface area contributed by atoms with Crippen LogP contribution in [0.1, 0.15) is 25.3 Å². The van der Waals surface area contributed by atoms with Crippen molar-refractivity contribution in [3.05, 3.63) is 23.8 Å². The van der Waals surface area contributed by atoms with Crippen LogP contribution in [0.15, 0.2) is 18.2 Å². The highest BCUT2D eigenvalue weighted by molar-refractivity contribution is 8.01. The maximum atomic E-state index is 13.0. The maximum Gasteiger partial charge on any atom is 0.255 e. The van der Waals surface area contributed by atoms with Gasteiger partial charge in [0.15, 0.2) is 0 Å². The van der Waals surface area contributed by atoms with Crippen molar-refractivity contribution in [2.24, 2.45) is 5.92 Å². The van der Waals surface area contributed by atoms with Gasteiger partial charge in [-0.3, -0.25) is 14.5 Å². The molecule has 2 saturated heterocycles. The zero-order valence-electron chi connectivity index (χ0n) is 22.0. The Morgan fingerprint density at radius 2 is 2.11 bits per heavy atom. The van der Waals surface area contributed by atoms with Gasteiger partial charge in [-0.25, -0.2) is 8.78 Å². The molecule has 0 saturated carbocycles. The zero-order chi connectivity index (χ0) is 27.5. The Bertz CT molecular complexity index is 973. The molecule has 0 aromatic heterocycles. The number of rotatable bonds is 14. The molecule has 0 aliphatic carbocycles. The molecule has 2 heterocycles. The fraction of sp³-hybridized carbons (Fsp3) is 0.654. The van der Waals surface area contributed by atoms with Crippen molar-refractivity contribution in [2.45, 2.75) is 43.7 Å². The van der Waals surface area contributed by atoms with E-state index in [1.807, 2.05) is 38.1 Å². The number of benzene rings is 1. The topological polar surface area (TPSA) is 107 Å². The Hall–Kier alpha value is -2.62. The Kier molecular flexibility index (Phi) is 11.9. The number of carbonyl (C=O) groups is 2. The fourth-order valence-corrected chi connectivity index (χ4v) is 6.01. The standard InChI is InChI=1S/C26H37F2N5O4S/c1-3-33-24(14-19(16-29)25(34)31-17-23(27)28)38-22(26(33)35)6-7-30-20-5-4-18(2)21(15-20)37-13-10-32-8-11-36-12-9-32/h4-5,15,19,22-24,30H,3,6-14,17H2,1-2H3,(H,31,34). The molecule has 2 aliphatic rings. The first-order valence-corrected chi connectivity index (χ1v) is 14.0. The van der Waals surface area contributed by atoms with Crippen LogP contribution < -0.4 is 15.4 Å². The molecule has 0 bridgehead atoms. The first-order valence-electron chi connectivity index (χ1n) is 13.0. The van der Waals surface area contributed by atoms with Crippen LogP contribution in [0.25, 0.3) is 0 Å². The summed E-state index contributed by atoms with van der Waals surface area (Å²) in [5.74, 6) is -1.05. The molecule has 2 fully saturated rings. The SMILES string of the molecule is CCN1C(=O)C(CCNc2ccc(C)c(OCCN3CCOCC3)c2)SC1CC(C#N)C(=O)NCC(F)F. The van der Waals surface area contributed by atoms with E-state index in [0.29, 0.717) is 26.1 Å². The van der Waals surface area contributed by atoms with Gasteiger partial charge in [-0.15, -0.1) is 11.8 Å². The van der Waals surface area contributed by atoms with Gasteiger partial charge in [0.1, 0.15) is 18.3 Å². The first kappa shape index (κ1) is 29.9. The van der Waals surface area contributed by atoms with Crippen LogP contribution in [0.3, 0.4) is 0 Å². The third-order valence-corrected chi connectivity index (χ3v) is 8.13. The van der Waals surface area contributed by atoms with Crippen LogP contribution in [0.4, 0.5) is 14.5 Å². The summed E-state index contributed by atoms with van der Waals surface area (Å²) in [4.78, 5) is 29.1. The highest BCUT2D eigenvalue weighted by Crippen LogP contribution is 2.37. The van der Waals surface area contributed by atoms with E-state index in [0.717, 1.165) is 49.8 Å². The van der Waals surface area contributed by atoms with Gasteiger partial charge in [0.25, 0.3) is 6.43 Å². The van der Waals surface area contributed by atoms with E-state index in [9.17, 15) is 23.6 Å². The molecule has 1 aromatic rings. The van der Waals surface area contributed by atoms with E-state index in [-0.39, 0.29) is 23.0 Å². The molecule has 2 N–H and O–H groups in total. The number of anilines is 1. The lowest BCUT2D eigenvalue weighted by molar-refractivity contribution is -0.131. The third kappa shape index (κ3) is 8.71. The quantitative estimate of drug-likeness (QED) is 0.362. The number of thioether (sulfide) groups is 1. The fourth-order valence-electron chi connectivity index (χ4n) is 4.43. The summed E-state index contributed by atoms with van der Waals surface area (Å²) in [6.07, 6.45) is -2.02. The highest BCUT2D eigenvalue weighted by Gasteiger charge is 2.40. The lowest BCUT2D eigenvalue weighted by Gasteiger charge is -2.26. The summed E-state index contributed by atoms with van der Waals surface area (Å²) in [5, 5.41) is 14.2. The summed E-state index contributed by atoms with van der Waals surface area (Å²) in [6.45, 7) is 8.84. The monoisotopic (exact) mass is 553 g/mol. The van der Waals surface area contributed by atoms with E-state index in [1.165, 1.54) is 11.8 Å². The van der Waals surface area contributed by atoms with Crippen LogP contribution >= 0.6 is 11.8 Å². The summed E-state index contributed by atoms with van der Waals surface area (Å²) in [7, 11) is 0. The molecule has 3 atom stereocenters. The van der Waals surface area contributed by atoms with E-state index >= 15 is 0 Å². The van der Waals surface area contributed by atoms with Crippen molar-refractivity contribution in [1.29, 1.82) is 5.26 Å². The Balaban J connectivity index is 1.48. The van der Waals surface area contributed by atoms with Gasteiger partial charge in [0.05, 0.1) is 36.5 Å². The molecule has 0 radical (unpaired) electrons. The summed E-state index contributed by atoms with van der Waals surface area (Å²) < 4.78 is 36.2. The van der Waals surface area contributed by atoms with Crippen LogP contribution in [0.5, 0.6) is 5.75 Å². The van der Waals surface area contributed by atoms with Crippen molar-refractivity contribution >= 4 is 29.3 Å². The number of morpholine rings is 1. The van der Waals surface area contributed by atoms with E-state index < -0.39 is 24.8 Å². The Morgan fingerprint density at radius 1 is 1.34 bits per heavy atom. The van der Waals surface area contributed by atoms with Crippen LogP contribution in [0, 0.1) is 24.2 Å². The van der Waals surface area contributed by atoms with Gasteiger partial charge in [0.2, 0.25) is 11.8 Å². The van der Waals surface area contributed by atoms with Gasteiger partial charge >= 0.3 is 0 Å². The number of amides is 2. The van der Waals surface area contributed by atoms with Gasteiger partial charge < -0.3 is 25.0 Å². The molecule has 2 amide bonds. The number of alkyl halides is 2. The zero-order valence-corrected chi connectivity index (χ0v) is 22.8.